The summed E-state index contributed by atoms with van der Waals surface area (Å²) in [6, 6.07) is 13.5. The first kappa shape index (κ1) is 19.4. The van der Waals surface area contributed by atoms with E-state index in [2.05, 4.69) is 15.3 Å². The minimum Gasteiger partial charge on any atom is -0.409 e. The number of carbonyl (C=O) groups excluding carboxylic acids is 1. The van der Waals surface area contributed by atoms with Crippen molar-refractivity contribution in [1.29, 1.82) is 0 Å². The van der Waals surface area contributed by atoms with Crippen molar-refractivity contribution in [2.75, 3.05) is 6.54 Å². The van der Waals surface area contributed by atoms with Crippen molar-refractivity contribution in [3.63, 3.8) is 0 Å². The number of benzene rings is 1. The van der Waals surface area contributed by atoms with Gasteiger partial charge in [-0.05, 0) is 37.5 Å². The fourth-order valence-electron chi connectivity index (χ4n) is 2.95. The van der Waals surface area contributed by atoms with Gasteiger partial charge in [-0.3, -0.25) is 9.78 Å². The summed E-state index contributed by atoms with van der Waals surface area (Å²) in [6.45, 7) is 4.25. The van der Waals surface area contributed by atoms with E-state index in [9.17, 15) is 9.59 Å². The molecule has 0 saturated carbocycles. The summed E-state index contributed by atoms with van der Waals surface area (Å²) in [4.78, 5) is 31.0. The van der Waals surface area contributed by atoms with E-state index in [1.807, 2.05) is 50.2 Å². The Bertz CT molecular complexity index is 1010. The highest BCUT2D eigenvalue weighted by Crippen LogP contribution is 2.25. The Kier molecular flexibility index (Phi) is 6.22. The van der Waals surface area contributed by atoms with Gasteiger partial charge in [0.05, 0.1) is 6.20 Å². The van der Waals surface area contributed by atoms with Crippen LogP contribution >= 0.6 is 0 Å². The molecule has 0 saturated heterocycles. The Labute approximate surface area is 163 Å². The number of pyridine rings is 2. The molecule has 0 spiro atoms. The number of nitrogens with one attached hydrogen (secondary N) is 2. The van der Waals surface area contributed by atoms with Gasteiger partial charge in [-0.15, -0.1) is 0 Å². The number of amides is 1. The van der Waals surface area contributed by atoms with Gasteiger partial charge in [0.15, 0.2) is 5.75 Å². The molecule has 0 aliphatic rings. The molecule has 0 bridgehead atoms. The molecule has 0 atom stereocenters. The molecular formula is C22H23N3O3. The molecule has 0 aliphatic heterocycles. The molecule has 2 aromatic heterocycles. The molecule has 0 aliphatic carbocycles. The summed E-state index contributed by atoms with van der Waals surface area (Å²) in [7, 11) is 0. The lowest BCUT2D eigenvalue weighted by Crippen LogP contribution is -2.28. The highest BCUT2D eigenvalue weighted by Gasteiger charge is 2.10. The zero-order valence-electron chi connectivity index (χ0n) is 16.0. The van der Waals surface area contributed by atoms with Crippen molar-refractivity contribution < 1.29 is 9.53 Å². The average Bonchev–Trinajstić information content (AvgIpc) is 2.69. The zero-order chi connectivity index (χ0) is 19.9. The summed E-state index contributed by atoms with van der Waals surface area (Å²) in [5.41, 5.74) is 4.14. The van der Waals surface area contributed by atoms with Gasteiger partial charge in [0, 0.05) is 35.1 Å². The molecule has 3 rings (SSSR count). The van der Waals surface area contributed by atoms with Gasteiger partial charge in [-0.25, -0.2) is 4.79 Å². The maximum absolute atomic E-state index is 12.1. The Balaban J connectivity index is 1.66. The van der Waals surface area contributed by atoms with Crippen molar-refractivity contribution in [3.8, 4) is 16.9 Å². The van der Waals surface area contributed by atoms with Gasteiger partial charge >= 0.3 is 6.09 Å². The molecule has 2 heterocycles. The molecule has 6 heteroatoms. The molecule has 1 amide bonds. The molecule has 3 aromatic rings. The predicted octanol–water partition coefficient (Wildman–Crippen LogP) is 3.64. The molecule has 28 heavy (non-hydrogen) atoms. The topological polar surface area (TPSA) is 84.1 Å². The van der Waals surface area contributed by atoms with Crippen LogP contribution in [0.4, 0.5) is 4.79 Å². The lowest BCUT2D eigenvalue weighted by Gasteiger charge is -2.10. The second kappa shape index (κ2) is 8.99. The highest BCUT2D eigenvalue weighted by molar-refractivity contribution is 5.72. The number of aromatic amines is 1. The molecule has 6 nitrogen and oxygen atoms in total. The normalized spacial score (nSPS) is 10.5. The Morgan fingerprint density at radius 1 is 1.18 bits per heavy atom. The number of hydrogen-bond donors (Lipinski definition) is 2. The van der Waals surface area contributed by atoms with E-state index < -0.39 is 6.09 Å². The minimum absolute atomic E-state index is 0.0816. The Hall–Kier alpha value is -3.41. The first-order valence-corrected chi connectivity index (χ1v) is 9.24. The second-order valence-corrected chi connectivity index (χ2v) is 6.48. The summed E-state index contributed by atoms with van der Waals surface area (Å²) in [5, 5.41) is 2.74. The van der Waals surface area contributed by atoms with Crippen LogP contribution in [0.1, 0.15) is 23.7 Å². The summed E-state index contributed by atoms with van der Waals surface area (Å²) >= 11 is 0. The Morgan fingerprint density at radius 2 is 1.96 bits per heavy atom. The van der Waals surface area contributed by atoms with Crippen LogP contribution in [0, 0.1) is 6.92 Å². The molecule has 2 N–H and O–H groups in total. The first-order valence-electron chi connectivity index (χ1n) is 9.24. The van der Waals surface area contributed by atoms with Crippen molar-refractivity contribution in [2.24, 2.45) is 0 Å². The number of carbonyl (C=O) groups is 1. The zero-order valence-corrected chi connectivity index (χ0v) is 16.0. The van der Waals surface area contributed by atoms with Gasteiger partial charge in [-0.2, -0.15) is 0 Å². The quantitative estimate of drug-likeness (QED) is 0.687. The lowest BCUT2D eigenvalue weighted by molar-refractivity contribution is 0.200. The standard InChI is InChI=1S/C22H23N3O3/c1-3-17-12-20(15(2)25-21(17)26)18-11-19(14-23-13-18)28-22(27)24-10-9-16-7-5-4-6-8-16/h4-8,11-14H,3,9-10H2,1-2H3,(H,24,27)(H,25,26). The van der Waals surface area contributed by atoms with Crippen LogP contribution < -0.4 is 15.6 Å². The maximum Gasteiger partial charge on any atom is 0.412 e. The van der Waals surface area contributed by atoms with Crippen LogP contribution in [0.2, 0.25) is 0 Å². The van der Waals surface area contributed by atoms with Crippen LogP contribution in [0.5, 0.6) is 5.75 Å². The fourth-order valence-corrected chi connectivity index (χ4v) is 2.95. The number of H-pyrrole nitrogens is 1. The van der Waals surface area contributed by atoms with Crippen molar-refractivity contribution >= 4 is 6.09 Å². The van der Waals surface area contributed by atoms with Crippen LogP contribution in [-0.4, -0.2) is 22.6 Å². The Morgan fingerprint density at radius 3 is 2.71 bits per heavy atom. The molecule has 144 valence electrons. The first-order chi connectivity index (χ1) is 13.6. The van der Waals surface area contributed by atoms with E-state index >= 15 is 0 Å². The number of hydrogen-bond acceptors (Lipinski definition) is 4. The monoisotopic (exact) mass is 377 g/mol. The van der Waals surface area contributed by atoms with Crippen molar-refractivity contribution in [1.82, 2.24) is 15.3 Å². The number of nitrogens with zero attached hydrogens (tertiary/aromatic N) is 1. The van der Waals surface area contributed by atoms with Crippen LogP contribution in [-0.2, 0) is 12.8 Å². The third-order valence-electron chi connectivity index (χ3n) is 4.46. The van der Waals surface area contributed by atoms with Gasteiger partial charge in [0.25, 0.3) is 5.56 Å². The number of rotatable bonds is 6. The molecule has 0 radical (unpaired) electrons. The van der Waals surface area contributed by atoms with E-state index in [0.717, 1.165) is 28.8 Å². The van der Waals surface area contributed by atoms with E-state index in [4.69, 9.17) is 4.74 Å². The largest absolute Gasteiger partial charge is 0.412 e. The smallest absolute Gasteiger partial charge is 0.409 e. The van der Waals surface area contributed by atoms with E-state index in [1.54, 1.807) is 12.3 Å². The van der Waals surface area contributed by atoms with Gasteiger partial charge < -0.3 is 15.0 Å². The fraction of sp³-hybridized carbons (Fsp3) is 0.227. The summed E-state index contributed by atoms with van der Waals surface area (Å²) < 4.78 is 5.35. The van der Waals surface area contributed by atoms with Crippen LogP contribution in [0.3, 0.4) is 0 Å². The molecule has 0 unspecified atom stereocenters. The summed E-state index contributed by atoms with van der Waals surface area (Å²) in [6.07, 6.45) is 4.01. The van der Waals surface area contributed by atoms with E-state index in [1.165, 1.54) is 6.20 Å². The third-order valence-corrected chi connectivity index (χ3v) is 4.46. The van der Waals surface area contributed by atoms with Crippen LogP contribution in [0.15, 0.2) is 59.7 Å². The minimum atomic E-state index is -0.526. The second-order valence-electron chi connectivity index (χ2n) is 6.48. The van der Waals surface area contributed by atoms with Gasteiger partial charge in [-0.1, -0.05) is 37.3 Å². The highest BCUT2D eigenvalue weighted by atomic mass is 16.6. The van der Waals surface area contributed by atoms with Gasteiger partial charge in [0.2, 0.25) is 0 Å². The van der Waals surface area contributed by atoms with E-state index in [0.29, 0.717) is 24.3 Å². The maximum atomic E-state index is 12.1. The number of aromatic nitrogens is 2. The average molecular weight is 377 g/mol. The van der Waals surface area contributed by atoms with Crippen LogP contribution in [0.25, 0.3) is 11.1 Å². The SMILES string of the molecule is CCc1cc(-c2cncc(OC(=O)NCCc3ccccc3)c2)c(C)[nH]c1=O. The number of aryl methyl sites for hydroxylation is 2. The van der Waals surface area contributed by atoms with E-state index in [-0.39, 0.29) is 5.56 Å². The third kappa shape index (κ3) is 4.85. The molecular weight excluding hydrogens is 354 g/mol. The molecule has 1 aromatic carbocycles. The number of ether oxygens (including phenoxy) is 1. The van der Waals surface area contributed by atoms with Gasteiger partial charge in [0.1, 0.15) is 0 Å². The predicted molar refractivity (Wildman–Crippen MR) is 109 cm³/mol. The lowest BCUT2D eigenvalue weighted by atomic mass is 10.0. The molecule has 0 fully saturated rings. The summed E-state index contributed by atoms with van der Waals surface area (Å²) in [5.74, 6) is 0.346. The van der Waals surface area contributed by atoms with Crippen molar-refractivity contribution in [2.45, 2.75) is 26.7 Å². The van der Waals surface area contributed by atoms with Crippen molar-refractivity contribution in [3.05, 3.63) is 82.0 Å².